The standard InChI is InChI=1S/C13H15ClN4O2S/c1-11(8-18-10-15-9-16-18)17-21(19,20)7-6-12-4-2-3-5-13(12)14/h2-7,9-11,17H,8H2,1H3/b7-6+. The van der Waals surface area contributed by atoms with E-state index in [1.165, 1.54) is 18.7 Å². The van der Waals surface area contributed by atoms with Gasteiger partial charge < -0.3 is 0 Å². The lowest BCUT2D eigenvalue weighted by Gasteiger charge is -2.11. The SMILES string of the molecule is CC(Cn1cncn1)NS(=O)(=O)/C=C/c1ccccc1Cl. The summed E-state index contributed by atoms with van der Waals surface area (Å²) in [5, 5.41) is 5.53. The van der Waals surface area contributed by atoms with Crippen molar-refractivity contribution in [3.05, 3.63) is 52.9 Å². The number of nitrogens with zero attached hydrogens (tertiary/aromatic N) is 3. The van der Waals surface area contributed by atoms with Gasteiger partial charge in [0.2, 0.25) is 10.0 Å². The summed E-state index contributed by atoms with van der Waals surface area (Å²) in [4.78, 5) is 3.80. The van der Waals surface area contributed by atoms with E-state index in [1.54, 1.807) is 35.9 Å². The molecular formula is C13H15ClN4O2S. The highest BCUT2D eigenvalue weighted by Gasteiger charge is 2.12. The van der Waals surface area contributed by atoms with Crippen molar-refractivity contribution < 1.29 is 8.42 Å². The van der Waals surface area contributed by atoms with Crippen LogP contribution < -0.4 is 4.72 Å². The van der Waals surface area contributed by atoms with Crippen LogP contribution in [0.2, 0.25) is 5.02 Å². The van der Waals surface area contributed by atoms with Gasteiger partial charge in [-0.1, -0.05) is 29.8 Å². The van der Waals surface area contributed by atoms with Crippen molar-refractivity contribution in [1.82, 2.24) is 19.5 Å². The second kappa shape index (κ2) is 6.84. The van der Waals surface area contributed by atoms with Crippen molar-refractivity contribution in [1.29, 1.82) is 0 Å². The number of hydrogen-bond acceptors (Lipinski definition) is 4. The minimum Gasteiger partial charge on any atom is -0.251 e. The molecule has 1 unspecified atom stereocenters. The molecule has 0 aliphatic carbocycles. The van der Waals surface area contributed by atoms with E-state index >= 15 is 0 Å². The molecule has 6 nitrogen and oxygen atoms in total. The van der Waals surface area contributed by atoms with Gasteiger partial charge in [-0.3, -0.25) is 4.68 Å². The van der Waals surface area contributed by atoms with Crippen LogP contribution in [0.5, 0.6) is 0 Å². The normalized spacial score (nSPS) is 13.6. The Kier molecular flexibility index (Phi) is 5.11. The average Bonchev–Trinajstić information content (AvgIpc) is 2.90. The van der Waals surface area contributed by atoms with Crippen LogP contribution in [0.25, 0.3) is 6.08 Å². The highest BCUT2D eigenvalue weighted by atomic mass is 35.5. The topological polar surface area (TPSA) is 76.9 Å². The van der Waals surface area contributed by atoms with E-state index in [4.69, 9.17) is 11.6 Å². The number of nitrogens with one attached hydrogen (secondary N) is 1. The maximum absolute atomic E-state index is 12.0. The molecule has 1 atom stereocenters. The number of halogens is 1. The van der Waals surface area contributed by atoms with Gasteiger partial charge in [0.15, 0.2) is 0 Å². The third-order valence-corrected chi connectivity index (χ3v) is 4.19. The predicted octanol–water partition coefficient (Wildman–Crippen LogP) is 1.91. The third kappa shape index (κ3) is 4.96. The van der Waals surface area contributed by atoms with Crippen molar-refractivity contribution >= 4 is 27.7 Å². The Hall–Kier alpha value is -1.70. The van der Waals surface area contributed by atoms with E-state index in [0.29, 0.717) is 17.1 Å². The number of rotatable bonds is 6. The Morgan fingerprint density at radius 1 is 1.43 bits per heavy atom. The molecule has 2 aromatic rings. The fourth-order valence-electron chi connectivity index (χ4n) is 1.74. The van der Waals surface area contributed by atoms with Crippen LogP contribution in [-0.2, 0) is 16.6 Å². The highest BCUT2D eigenvalue weighted by molar-refractivity contribution is 7.92. The third-order valence-electron chi connectivity index (χ3n) is 2.62. The first-order valence-electron chi connectivity index (χ1n) is 6.23. The van der Waals surface area contributed by atoms with Gasteiger partial charge in [0, 0.05) is 16.5 Å². The molecule has 0 aliphatic heterocycles. The molecule has 0 amide bonds. The van der Waals surface area contributed by atoms with Gasteiger partial charge in [0.25, 0.3) is 0 Å². The maximum Gasteiger partial charge on any atom is 0.234 e. The molecule has 0 radical (unpaired) electrons. The van der Waals surface area contributed by atoms with Gasteiger partial charge >= 0.3 is 0 Å². The molecule has 0 aliphatic rings. The summed E-state index contributed by atoms with van der Waals surface area (Å²) in [6, 6.07) is 6.71. The van der Waals surface area contributed by atoms with E-state index in [2.05, 4.69) is 14.8 Å². The van der Waals surface area contributed by atoms with Crippen LogP contribution in [-0.4, -0.2) is 29.2 Å². The zero-order chi connectivity index (χ0) is 15.3. The lowest BCUT2D eigenvalue weighted by molar-refractivity contribution is 0.496. The summed E-state index contributed by atoms with van der Waals surface area (Å²) in [6.07, 6.45) is 4.40. The number of aromatic nitrogens is 3. The quantitative estimate of drug-likeness (QED) is 0.879. The molecular weight excluding hydrogens is 312 g/mol. The zero-order valence-corrected chi connectivity index (χ0v) is 12.9. The van der Waals surface area contributed by atoms with Gasteiger partial charge in [0.1, 0.15) is 12.7 Å². The van der Waals surface area contributed by atoms with Gasteiger partial charge in [-0.05, 0) is 24.6 Å². The molecule has 0 saturated heterocycles. The van der Waals surface area contributed by atoms with Crippen molar-refractivity contribution in [2.24, 2.45) is 0 Å². The van der Waals surface area contributed by atoms with Gasteiger partial charge in [-0.2, -0.15) is 5.10 Å². The fourth-order valence-corrected chi connectivity index (χ4v) is 2.98. The first-order chi connectivity index (χ1) is 9.96. The Morgan fingerprint density at radius 2 is 2.19 bits per heavy atom. The molecule has 0 bridgehead atoms. The van der Waals surface area contributed by atoms with Crippen LogP contribution >= 0.6 is 11.6 Å². The summed E-state index contributed by atoms with van der Waals surface area (Å²) < 4.78 is 28.0. The Labute approximate surface area is 128 Å². The van der Waals surface area contributed by atoms with Gasteiger partial charge in [0.05, 0.1) is 6.54 Å². The number of sulfonamides is 1. The molecule has 0 saturated carbocycles. The maximum atomic E-state index is 12.0. The Morgan fingerprint density at radius 3 is 2.86 bits per heavy atom. The van der Waals surface area contributed by atoms with Gasteiger partial charge in [-0.25, -0.2) is 18.1 Å². The minimum absolute atomic E-state index is 0.312. The largest absolute Gasteiger partial charge is 0.251 e. The fraction of sp³-hybridized carbons (Fsp3) is 0.231. The van der Waals surface area contributed by atoms with Crippen molar-refractivity contribution in [3.8, 4) is 0 Å². The summed E-state index contributed by atoms with van der Waals surface area (Å²) in [6.45, 7) is 2.15. The van der Waals surface area contributed by atoms with Crippen LogP contribution in [0.4, 0.5) is 0 Å². The molecule has 0 fully saturated rings. The molecule has 112 valence electrons. The van der Waals surface area contributed by atoms with E-state index in [1.807, 2.05) is 0 Å². The molecule has 1 aromatic carbocycles. The first kappa shape index (κ1) is 15.7. The second-order valence-electron chi connectivity index (χ2n) is 4.51. The van der Waals surface area contributed by atoms with Gasteiger partial charge in [-0.15, -0.1) is 0 Å². The van der Waals surface area contributed by atoms with Crippen molar-refractivity contribution in [2.75, 3.05) is 0 Å². The first-order valence-corrected chi connectivity index (χ1v) is 8.16. The predicted molar refractivity (Wildman–Crippen MR) is 82.0 cm³/mol. The lowest BCUT2D eigenvalue weighted by atomic mass is 10.2. The summed E-state index contributed by atoms with van der Waals surface area (Å²) in [5.41, 5.74) is 0.647. The number of benzene rings is 1. The van der Waals surface area contributed by atoms with E-state index in [-0.39, 0.29) is 6.04 Å². The molecule has 2 rings (SSSR count). The molecule has 21 heavy (non-hydrogen) atoms. The van der Waals surface area contributed by atoms with Crippen LogP contribution in [0.1, 0.15) is 12.5 Å². The summed E-state index contributed by atoms with van der Waals surface area (Å²) in [7, 11) is -3.55. The smallest absolute Gasteiger partial charge is 0.234 e. The van der Waals surface area contributed by atoms with Crippen molar-refractivity contribution in [3.63, 3.8) is 0 Å². The average molecular weight is 327 g/mol. The number of hydrogen-bond donors (Lipinski definition) is 1. The highest BCUT2D eigenvalue weighted by Crippen LogP contribution is 2.16. The summed E-state index contributed by atoms with van der Waals surface area (Å²) in [5.74, 6) is 0. The van der Waals surface area contributed by atoms with Crippen LogP contribution in [0.3, 0.4) is 0 Å². The lowest BCUT2D eigenvalue weighted by Crippen LogP contribution is -2.34. The molecule has 1 heterocycles. The second-order valence-corrected chi connectivity index (χ2v) is 6.51. The Bertz CT molecular complexity index is 714. The molecule has 1 aromatic heterocycles. The van der Waals surface area contributed by atoms with Crippen LogP contribution in [0.15, 0.2) is 42.3 Å². The minimum atomic E-state index is -3.55. The summed E-state index contributed by atoms with van der Waals surface area (Å²) >= 11 is 5.97. The van der Waals surface area contributed by atoms with E-state index in [0.717, 1.165) is 5.41 Å². The van der Waals surface area contributed by atoms with Crippen LogP contribution in [0, 0.1) is 0 Å². The van der Waals surface area contributed by atoms with Crippen molar-refractivity contribution in [2.45, 2.75) is 19.5 Å². The van der Waals surface area contributed by atoms with E-state index in [9.17, 15) is 8.42 Å². The monoisotopic (exact) mass is 326 g/mol. The molecule has 1 N–H and O–H groups in total. The van der Waals surface area contributed by atoms with E-state index < -0.39 is 10.0 Å². The molecule has 0 spiro atoms. The zero-order valence-electron chi connectivity index (χ0n) is 11.3. The molecule has 8 heteroatoms. The Balaban J connectivity index is 2.00.